The molecule has 0 spiro atoms. The van der Waals surface area contributed by atoms with Crippen molar-refractivity contribution in [1.29, 1.82) is 0 Å². The molecule has 0 saturated heterocycles. The van der Waals surface area contributed by atoms with Gasteiger partial charge in [0.2, 0.25) is 0 Å². The molecule has 1 aromatic heterocycles. The number of nitrogens with one attached hydrogen (secondary N) is 1. The van der Waals surface area contributed by atoms with E-state index in [2.05, 4.69) is 4.98 Å². The van der Waals surface area contributed by atoms with Crippen molar-refractivity contribution in [3.8, 4) is 5.75 Å². The van der Waals surface area contributed by atoms with Gasteiger partial charge >= 0.3 is 0 Å². The number of para-hydroxylation sites is 1. The molecule has 96 valence electrons. The zero-order chi connectivity index (χ0) is 13.2. The summed E-state index contributed by atoms with van der Waals surface area (Å²) in [7, 11) is 3.14. The van der Waals surface area contributed by atoms with Crippen LogP contribution in [0.2, 0.25) is 0 Å². The highest BCUT2D eigenvalue weighted by Gasteiger charge is 2.13. The average molecular weight is 286 g/mol. The summed E-state index contributed by atoms with van der Waals surface area (Å²) in [6, 6.07) is 10.7. The van der Waals surface area contributed by atoms with Crippen molar-refractivity contribution in [2.24, 2.45) is 0 Å². The molecular formula is C12H12ClNO3S. The number of hydrogen-bond acceptors (Lipinski definition) is 3. The third kappa shape index (κ3) is 2.86. The van der Waals surface area contributed by atoms with Crippen molar-refractivity contribution in [1.82, 2.24) is 4.98 Å². The summed E-state index contributed by atoms with van der Waals surface area (Å²) in [5, 5.41) is 0.00839. The van der Waals surface area contributed by atoms with Gasteiger partial charge in [0.25, 0.3) is 9.05 Å². The number of aromatic nitrogens is 1. The van der Waals surface area contributed by atoms with Gasteiger partial charge in [-0.05, 0) is 23.8 Å². The van der Waals surface area contributed by atoms with Crippen molar-refractivity contribution in [3.05, 3.63) is 47.7 Å². The van der Waals surface area contributed by atoms with Crippen LogP contribution in [0, 0.1) is 0 Å². The van der Waals surface area contributed by atoms with E-state index in [0.717, 1.165) is 17.0 Å². The molecule has 1 heterocycles. The van der Waals surface area contributed by atoms with Gasteiger partial charge in [-0.2, -0.15) is 0 Å². The zero-order valence-electron chi connectivity index (χ0n) is 9.68. The molecule has 2 rings (SSSR count). The second-order valence-corrected chi connectivity index (χ2v) is 6.31. The molecule has 0 aliphatic heterocycles. The smallest absolute Gasteiger partial charge is 0.276 e. The first-order chi connectivity index (χ1) is 8.50. The van der Waals surface area contributed by atoms with Gasteiger partial charge in [0.1, 0.15) is 10.8 Å². The number of halogens is 1. The van der Waals surface area contributed by atoms with E-state index in [-0.39, 0.29) is 5.03 Å². The lowest BCUT2D eigenvalue weighted by atomic mass is 10.1. The van der Waals surface area contributed by atoms with Crippen LogP contribution in [0.15, 0.2) is 41.4 Å². The molecule has 0 bridgehead atoms. The Hall–Kier alpha value is -1.46. The standard InChI is InChI=1S/C12H12ClNO3S/c1-17-11-5-3-2-4-9(11)8-10-6-7-12(14-10)18(13,15)16/h2-7,14H,8H2,1H3. The summed E-state index contributed by atoms with van der Waals surface area (Å²) in [6.07, 6.45) is 0.552. The molecule has 0 radical (unpaired) electrons. The fourth-order valence-corrected chi connectivity index (χ4v) is 2.47. The maximum atomic E-state index is 11.1. The summed E-state index contributed by atoms with van der Waals surface area (Å²) < 4.78 is 27.5. The molecule has 0 unspecified atom stereocenters. The van der Waals surface area contributed by atoms with Crippen LogP contribution >= 0.6 is 10.7 Å². The van der Waals surface area contributed by atoms with Gasteiger partial charge in [-0.1, -0.05) is 18.2 Å². The van der Waals surface area contributed by atoms with E-state index in [1.807, 2.05) is 24.3 Å². The maximum Gasteiger partial charge on any atom is 0.276 e. The lowest BCUT2D eigenvalue weighted by molar-refractivity contribution is 0.410. The van der Waals surface area contributed by atoms with E-state index in [0.29, 0.717) is 6.42 Å². The minimum atomic E-state index is -3.70. The third-order valence-corrected chi connectivity index (χ3v) is 3.82. The van der Waals surface area contributed by atoms with Crippen molar-refractivity contribution in [3.63, 3.8) is 0 Å². The first-order valence-corrected chi connectivity index (χ1v) is 7.56. The van der Waals surface area contributed by atoms with E-state index < -0.39 is 9.05 Å². The summed E-state index contributed by atoms with van der Waals surface area (Å²) >= 11 is 0. The number of hydrogen-bond donors (Lipinski definition) is 1. The quantitative estimate of drug-likeness (QED) is 0.878. The number of methoxy groups -OCH3 is 1. The molecule has 1 N–H and O–H groups in total. The summed E-state index contributed by atoms with van der Waals surface area (Å²) in [5.74, 6) is 0.766. The molecule has 0 atom stereocenters. The normalized spacial score (nSPS) is 11.4. The van der Waals surface area contributed by atoms with Crippen LogP contribution in [0.25, 0.3) is 0 Å². The summed E-state index contributed by atoms with van der Waals surface area (Å²) in [5.41, 5.74) is 1.74. The second-order valence-electron chi connectivity index (χ2n) is 3.77. The third-order valence-electron chi connectivity index (χ3n) is 2.56. The Morgan fingerprint density at radius 1 is 1.22 bits per heavy atom. The average Bonchev–Trinajstić information content (AvgIpc) is 2.78. The molecule has 0 aliphatic carbocycles. The summed E-state index contributed by atoms with van der Waals surface area (Å²) in [6.45, 7) is 0. The summed E-state index contributed by atoms with van der Waals surface area (Å²) in [4.78, 5) is 2.78. The predicted octanol–water partition coefficient (Wildman–Crippen LogP) is 2.54. The fraction of sp³-hybridized carbons (Fsp3) is 0.167. The molecule has 0 saturated carbocycles. The molecule has 0 aliphatic rings. The van der Waals surface area contributed by atoms with E-state index >= 15 is 0 Å². The van der Waals surface area contributed by atoms with Crippen LogP contribution in [-0.2, 0) is 15.5 Å². The highest BCUT2D eigenvalue weighted by molar-refractivity contribution is 8.13. The zero-order valence-corrected chi connectivity index (χ0v) is 11.3. The number of H-pyrrole nitrogens is 1. The van der Waals surface area contributed by atoms with Crippen LogP contribution in [0.5, 0.6) is 5.75 Å². The molecular weight excluding hydrogens is 274 g/mol. The van der Waals surface area contributed by atoms with Gasteiger partial charge < -0.3 is 9.72 Å². The molecule has 6 heteroatoms. The van der Waals surface area contributed by atoms with Crippen LogP contribution in [0.1, 0.15) is 11.3 Å². The fourth-order valence-electron chi connectivity index (χ4n) is 1.72. The van der Waals surface area contributed by atoms with Crippen molar-refractivity contribution in [2.75, 3.05) is 7.11 Å². The first kappa shape index (κ1) is 13.0. The Morgan fingerprint density at radius 2 is 1.94 bits per heavy atom. The molecule has 2 aromatic rings. The number of rotatable bonds is 4. The Balaban J connectivity index is 2.27. The van der Waals surface area contributed by atoms with Crippen LogP contribution in [0.3, 0.4) is 0 Å². The van der Waals surface area contributed by atoms with Crippen molar-refractivity contribution in [2.45, 2.75) is 11.4 Å². The number of aromatic amines is 1. The van der Waals surface area contributed by atoms with Gasteiger partial charge in [-0.15, -0.1) is 0 Å². The van der Waals surface area contributed by atoms with Gasteiger partial charge in [0, 0.05) is 22.8 Å². The molecule has 0 amide bonds. The lowest BCUT2D eigenvalue weighted by Crippen LogP contribution is -1.95. The Bertz CT molecular complexity index is 649. The topological polar surface area (TPSA) is 59.2 Å². The highest BCUT2D eigenvalue weighted by Crippen LogP contribution is 2.22. The molecule has 18 heavy (non-hydrogen) atoms. The Labute approximate surface area is 110 Å². The SMILES string of the molecule is COc1ccccc1Cc1ccc(S(=O)(=O)Cl)[nH]1. The van der Waals surface area contributed by atoms with E-state index in [9.17, 15) is 8.42 Å². The van der Waals surface area contributed by atoms with Gasteiger partial charge in [-0.3, -0.25) is 0 Å². The van der Waals surface area contributed by atoms with Gasteiger partial charge in [-0.25, -0.2) is 8.42 Å². The minimum Gasteiger partial charge on any atom is -0.496 e. The largest absolute Gasteiger partial charge is 0.496 e. The molecule has 0 fully saturated rings. The van der Waals surface area contributed by atoms with E-state index in [4.69, 9.17) is 15.4 Å². The number of ether oxygens (including phenoxy) is 1. The maximum absolute atomic E-state index is 11.1. The van der Waals surface area contributed by atoms with Crippen LogP contribution in [-0.4, -0.2) is 20.5 Å². The van der Waals surface area contributed by atoms with Gasteiger partial charge in [0.05, 0.1) is 7.11 Å². The van der Waals surface area contributed by atoms with Crippen LogP contribution in [0.4, 0.5) is 0 Å². The molecule has 4 nitrogen and oxygen atoms in total. The Morgan fingerprint density at radius 3 is 2.56 bits per heavy atom. The van der Waals surface area contributed by atoms with Crippen molar-refractivity contribution >= 4 is 19.7 Å². The van der Waals surface area contributed by atoms with E-state index in [1.54, 1.807) is 13.2 Å². The Kier molecular flexibility index (Phi) is 3.63. The van der Waals surface area contributed by atoms with Crippen molar-refractivity contribution < 1.29 is 13.2 Å². The number of benzene rings is 1. The minimum absolute atomic E-state index is 0.00839. The lowest BCUT2D eigenvalue weighted by Gasteiger charge is -2.06. The molecule has 1 aromatic carbocycles. The van der Waals surface area contributed by atoms with E-state index in [1.165, 1.54) is 6.07 Å². The second kappa shape index (κ2) is 5.04. The first-order valence-electron chi connectivity index (χ1n) is 5.25. The predicted molar refractivity (Wildman–Crippen MR) is 69.6 cm³/mol. The monoisotopic (exact) mass is 285 g/mol. The highest BCUT2D eigenvalue weighted by atomic mass is 35.7. The van der Waals surface area contributed by atoms with Gasteiger partial charge in [0.15, 0.2) is 0 Å². The van der Waals surface area contributed by atoms with Crippen LogP contribution < -0.4 is 4.74 Å².